The molecule has 1 amide bonds. The van der Waals surface area contributed by atoms with Crippen LogP contribution in [0.15, 0.2) is 108 Å². The van der Waals surface area contributed by atoms with E-state index in [1.807, 2.05) is 48.5 Å². The minimum absolute atomic E-state index is 0.0322. The molecule has 0 radical (unpaired) electrons. The van der Waals surface area contributed by atoms with E-state index in [-0.39, 0.29) is 33.9 Å². The Hall–Kier alpha value is -3.78. The molecule has 6 rings (SSSR count). The number of benzene rings is 4. The van der Waals surface area contributed by atoms with Crippen LogP contribution in [0.4, 0.5) is 5.69 Å². The van der Waals surface area contributed by atoms with Crippen molar-refractivity contribution in [1.29, 1.82) is 0 Å². The number of halogens is 2. The zero-order chi connectivity index (χ0) is 29.3. The second-order valence-corrected chi connectivity index (χ2v) is 13.2. The maximum absolute atomic E-state index is 14.2. The summed E-state index contributed by atoms with van der Waals surface area (Å²) in [6, 6.07) is 30.7. The lowest BCUT2D eigenvalue weighted by molar-refractivity contribution is 0.0706. The molecular formula is C33H29Cl2N3O3S. The van der Waals surface area contributed by atoms with Gasteiger partial charge in [0, 0.05) is 30.2 Å². The fraction of sp³-hybridized carbons (Fsp3) is 0.182. The van der Waals surface area contributed by atoms with Gasteiger partial charge in [-0.1, -0.05) is 83.9 Å². The van der Waals surface area contributed by atoms with Gasteiger partial charge in [0.15, 0.2) is 0 Å². The molecule has 1 aromatic heterocycles. The summed E-state index contributed by atoms with van der Waals surface area (Å²) in [7, 11) is -4.13. The van der Waals surface area contributed by atoms with Crippen LogP contribution in [0, 0.1) is 0 Å². The molecule has 1 unspecified atom stereocenters. The summed E-state index contributed by atoms with van der Waals surface area (Å²) in [5.41, 5.74) is 3.46. The number of piperidine rings is 1. The molecule has 6 nitrogen and oxygen atoms in total. The number of nitrogens with one attached hydrogen (secondary N) is 1. The van der Waals surface area contributed by atoms with E-state index in [1.165, 1.54) is 22.5 Å². The topological polar surface area (TPSA) is 73.5 Å². The number of carbonyl (C=O) groups is 1. The maximum atomic E-state index is 14.2. The first kappa shape index (κ1) is 28.3. The standard InChI is InChI=1S/C33H29Cl2N3O3S/c34-28-17-16-26(42(40,41)38(21-23-9-2-1-3-10-23)32-15-7-5-13-29(32)35)20-27(28)33(39)37-18-8-12-25(22-37)31-19-24-11-4-6-14-30(24)36-31/h1-7,9-11,13-17,19-20,25,36H,8,12,18,21-22H2. The van der Waals surface area contributed by atoms with Crippen molar-refractivity contribution < 1.29 is 13.2 Å². The van der Waals surface area contributed by atoms with Gasteiger partial charge >= 0.3 is 0 Å². The minimum Gasteiger partial charge on any atom is -0.358 e. The summed E-state index contributed by atoms with van der Waals surface area (Å²) < 4.78 is 29.6. The van der Waals surface area contributed by atoms with Crippen LogP contribution in [0.3, 0.4) is 0 Å². The van der Waals surface area contributed by atoms with Crippen molar-refractivity contribution in [3.05, 3.63) is 130 Å². The van der Waals surface area contributed by atoms with Crippen molar-refractivity contribution in [2.24, 2.45) is 0 Å². The zero-order valence-corrected chi connectivity index (χ0v) is 25.0. The molecule has 2 heterocycles. The fourth-order valence-electron chi connectivity index (χ4n) is 5.56. The highest BCUT2D eigenvalue weighted by atomic mass is 35.5. The van der Waals surface area contributed by atoms with Crippen molar-refractivity contribution in [3.63, 3.8) is 0 Å². The summed E-state index contributed by atoms with van der Waals surface area (Å²) in [5.74, 6) is -0.146. The number of hydrogen-bond acceptors (Lipinski definition) is 3. The number of aromatic nitrogens is 1. The first-order chi connectivity index (χ1) is 20.3. The fourth-order valence-corrected chi connectivity index (χ4v) is 7.55. The first-order valence-corrected chi connectivity index (χ1v) is 16.0. The Balaban J connectivity index is 1.31. The van der Waals surface area contributed by atoms with Gasteiger partial charge in [-0.3, -0.25) is 9.10 Å². The Kier molecular flexibility index (Phi) is 7.99. The van der Waals surface area contributed by atoms with E-state index < -0.39 is 10.0 Å². The summed E-state index contributed by atoms with van der Waals surface area (Å²) in [6.07, 6.45) is 1.78. The van der Waals surface area contributed by atoms with Gasteiger partial charge < -0.3 is 9.88 Å². The number of fused-ring (bicyclic) bond motifs is 1. The van der Waals surface area contributed by atoms with Gasteiger partial charge in [0.2, 0.25) is 0 Å². The number of H-pyrrole nitrogens is 1. The van der Waals surface area contributed by atoms with E-state index in [9.17, 15) is 13.2 Å². The van der Waals surface area contributed by atoms with Crippen LogP contribution in [0.25, 0.3) is 10.9 Å². The zero-order valence-electron chi connectivity index (χ0n) is 22.7. The van der Waals surface area contributed by atoms with Crippen molar-refractivity contribution in [1.82, 2.24) is 9.88 Å². The van der Waals surface area contributed by atoms with Crippen LogP contribution >= 0.6 is 23.2 Å². The van der Waals surface area contributed by atoms with Gasteiger partial charge in [-0.05, 0) is 66.3 Å². The lowest BCUT2D eigenvalue weighted by Gasteiger charge is -2.33. The third-order valence-corrected chi connectivity index (χ3v) is 10.2. The summed E-state index contributed by atoms with van der Waals surface area (Å²) in [5, 5.41) is 1.65. The van der Waals surface area contributed by atoms with Gasteiger partial charge in [0.1, 0.15) is 0 Å². The first-order valence-electron chi connectivity index (χ1n) is 13.8. The average molecular weight is 619 g/mol. The van der Waals surface area contributed by atoms with Gasteiger partial charge in [-0.25, -0.2) is 8.42 Å². The highest BCUT2D eigenvalue weighted by molar-refractivity contribution is 7.92. The lowest BCUT2D eigenvalue weighted by Crippen LogP contribution is -2.39. The molecule has 0 spiro atoms. The van der Waals surface area contributed by atoms with Crippen LogP contribution in [0.5, 0.6) is 0 Å². The molecule has 9 heteroatoms. The molecule has 0 aliphatic carbocycles. The van der Waals surface area contributed by atoms with E-state index in [4.69, 9.17) is 23.2 Å². The number of nitrogens with zero attached hydrogens (tertiary/aromatic N) is 2. The second-order valence-electron chi connectivity index (χ2n) is 10.5. The van der Waals surface area contributed by atoms with Crippen molar-refractivity contribution >= 4 is 55.7 Å². The Morgan fingerprint density at radius 2 is 1.62 bits per heavy atom. The molecule has 214 valence electrons. The maximum Gasteiger partial charge on any atom is 0.264 e. The monoisotopic (exact) mass is 617 g/mol. The number of anilines is 1. The summed E-state index contributed by atoms with van der Waals surface area (Å²) >= 11 is 13.0. The van der Waals surface area contributed by atoms with E-state index >= 15 is 0 Å². The number of amides is 1. The minimum atomic E-state index is -4.13. The van der Waals surface area contributed by atoms with Crippen LogP contribution in [0.1, 0.15) is 40.4 Å². The van der Waals surface area contributed by atoms with Crippen LogP contribution in [-0.4, -0.2) is 37.3 Å². The van der Waals surface area contributed by atoms with Crippen molar-refractivity contribution in [2.75, 3.05) is 17.4 Å². The normalized spacial score (nSPS) is 15.6. The highest BCUT2D eigenvalue weighted by Gasteiger charge is 2.31. The molecule has 1 aliphatic rings. The Morgan fingerprint density at radius 1 is 0.881 bits per heavy atom. The molecule has 1 atom stereocenters. The molecule has 1 saturated heterocycles. The summed E-state index contributed by atoms with van der Waals surface area (Å²) in [4.78, 5) is 19.1. The van der Waals surface area contributed by atoms with Crippen molar-refractivity contribution in [2.45, 2.75) is 30.2 Å². The molecule has 0 bridgehead atoms. The predicted molar refractivity (Wildman–Crippen MR) is 169 cm³/mol. The number of hydrogen-bond donors (Lipinski definition) is 1. The number of aromatic amines is 1. The predicted octanol–water partition coefficient (Wildman–Crippen LogP) is 7.89. The third kappa shape index (κ3) is 5.64. The Labute approximate surface area is 255 Å². The molecule has 1 N–H and O–H groups in total. The molecule has 42 heavy (non-hydrogen) atoms. The molecule has 0 saturated carbocycles. The molecule has 5 aromatic rings. The number of likely N-dealkylation sites (tertiary alicyclic amines) is 1. The SMILES string of the molecule is O=C(c1cc(S(=O)(=O)N(Cc2ccccc2)c2ccccc2Cl)ccc1Cl)N1CCCC(c2cc3ccccc3[nH]2)C1. The number of para-hydroxylation sites is 2. The van der Waals surface area contributed by atoms with Crippen LogP contribution in [0.2, 0.25) is 10.0 Å². The average Bonchev–Trinajstić information content (AvgIpc) is 3.45. The quantitative estimate of drug-likeness (QED) is 0.202. The number of carbonyl (C=O) groups excluding carboxylic acids is 1. The number of sulfonamides is 1. The third-order valence-electron chi connectivity index (χ3n) is 7.75. The molecular weight excluding hydrogens is 589 g/mol. The van der Waals surface area contributed by atoms with Crippen LogP contribution < -0.4 is 4.31 Å². The second kappa shape index (κ2) is 11.8. The van der Waals surface area contributed by atoms with Gasteiger partial charge in [0.25, 0.3) is 15.9 Å². The van der Waals surface area contributed by atoms with E-state index in [0.717, 1.165) is 35.0 Å². The van der Waals surface area contributed by atoms with Gasteiger partial charge in [-0.2, -0.15) is 0 Å². The molecule has 1 aliphatic heterocycles. The Morgan fingerprint density at radius 3 is 2.40 bits per heavy atom. The summed E-state index contributed by atoms with van der Waals surface area (Å²) in [6.45, 7) is 1.15. The van der Waals surface area contributed by atoms with Gasteiger partial charge in [-0.15, -0.1) is 0 Å². The van der Waals surface area contributed by atoms with E-state index in [0.29, 0.717) is 23.8 Å². The lowest BCUT2D eigenvalue weighted by atomic mass is 9.94. The largest absolute Gasteiger partial charge is 0.358 e. The van der Waals surface area contributed by atoms with E-state index in [2.05, 4.69) is 17.1 Å². The van der Waals surface area contributed by atoms with E-state index in [1.54, 1.807) is 29.2 Å². The molecule has 1 fully saturated rings. The molecule has 4 aromatic carbocycles. The Bertz CT molecular complexity index is 1820. The van der Waals surface area contributed by atoms with Crippen molar-refractivity contribution in [3.8, 4) is 0 Å². The van der Waals surface area contributed by atoms with Gasteiger partial charge in [0.05, 0.1) is 32.7 Å². The smallest absolute Gasteiger partial charge is 0.264 e. The number of rotatable bonds is 7. The van der Waals surface area contributed by atoms with Crippen LogP contribution in [-0.2, 0) is 16.6 Å². The highest BCUT2D eigenvalue weighted by Crippen LogP contribution is 2.34.